The van der Waals surface area contributed by atoms with Gasteiger partial charge in [0.2, 0.25) is 0 Å². The van der Waals surface area contributed by atoms with Crippen molar-refractivity contribution in [2.75, 3.05) is 0 Å². The summed E-state index contributed by atoms with van der Waals surface area (Å²) >= 11 is 0. The number of hydrogen-bond acceptors (Lipinski definition) is 2. The molecular weight excluding hydrogens is 212 g/mol. The number of carbonyl (C=O) groups excluding carboxylic acids is 2. The maximum absolute atomic E-state index is 11.9. The van der Waals surface area contributed by atoms with Gasteiger partial charge in [-0.2, -0.15) is 0 Å². The van der Waals surface area contributed by atoms with E-state index in [0.29, 0.717) is 12.8 Å². The summed E-state index contributed by atoms with van der Waals surface area (Å²) < 4.78 is 0. The minimum Gasteiger partial charge on any atom is -0.300 e. The Hall–Kier alpha value is -0.660. The standard InChI is InChI=1S/C15H28O2/c1-7-8-9-10-13(17)11-14(3,4)15(5,6)12(2)16/h7-11H2,1-6H3. The van der Waals surface area contributed by atoms with Crippen molar-refractivity contribution < 1.29 is 9.59 Å². The molecule has 0 aromatic heterocycles. The van der Waals surface area contributed by atoms with Crippen LogP contribution >= 0.6 is 0 Å². The molecule has 0 unspecified atom stereocenters. The van der Waals surface area contributed by atoms with Gasteiger partial charge in [-0.3, -0.25) is 9.59 Å². The summed E-state index contributed by atoms with van der Waals surface area (Å²) in [5, 5.41) is 0. The molecule has 0 rings (SSSR count). The maximum atomic E-state index is 11.9. The van der Waals surface area contributed by atoms with Crippen LogP contribution in [-0.2, 0) is 9.59 Å². The van der Waals surface area contributed by atoms with Crippen LogP contribution < -0.4 is 0 Å². The first-order chi connectivity index (χ1) is 7.65. The fraction of sp³-hybridized carbons (Fsp3) is 0.867. The molecule has 0 aromatic rings. The van der Waals surface area contributed by atoms with E-state index in [1.165, 1.54) is 0 Å². The van der Waals surface area contributed by atoms with Crippen LogP contribution in [0.2, 0.25) is 0 Å². The largest absolute Gasteiger partial charge is 0.300 e. The molecule has 2 heteroatoms. The van der Waals surface area contributed by atoms with E-state index in [-0.39, 0.29) is 17.0 Å². The lowest BCUT2D eigenvalue weighted by atomic mass is 9.63. The van der Waals surface area contributed by atoms with Crippen molar-refractivity contribution in [3.63, 3.8) is 0 Å². The second-order valence-electron chi connectivity index (χ2n) is 6.24. The van der Waals surface area contributed by atoms with Gasteiger partial charge in [0.15, 0.2) is 0 Å². The number of Topliss-reactive ketones (excluding diaryl/α,β-unsaturated/α-hetero) is 2. The average molecular weight is 240 g/mol. The average Bonchev–Trinajstić information content (AvgIpc) is 2.16. The normalized spacial score (nSPS) is 12.6. The van der Waals surface area contributed by atoms with Crippen LogP contribution in [0.1, 0.15) is 73.6 Å². The molecular formula is C15H28O2. The monoisotopic (exact) mass is 240 g/mol. The number of carbonyl (C=O) groups is 2. The number of rotatable bonds is 8. The fourth-order valence-corrected chi connectivity index (χ4v) is 1.85. The highest BCUT2D eigenvalue weighted by atomic mass is 16.1. The molecule has 0 aliphatic heterocycles. The predicted molar refractivity (Wildman–Crippen MR) is 72.0 cm³/mol. The van der Waals surface area contributed by atoms with E-state index in [9.17, 15) is 9.59 Å². The summed E-state index contributed by atoms with van der Waals surface area (Å²) in [4.78, 5) is 23.5. The molecule has 0 N–H and O–H groups in total. The number of ketones is 2. The molecule has 0 radical (unpaired) electrons. The van der Waals surface area contributed by atoms with Gasteiger partial charge >= 0.3 is 0 Å². The van der Waals surface area contributed by atoms with Crippen molar-refractivity contribution in [1.82, 2.24) is 0 Å². The molecule has 0 heterocycles. The Morgan fingerprint density at radius 2 is 1.53 bits per heavy atom. The van der Waals surface area contributed by atoms with E-state index in [2.05, 4.69) is 6.92 Å². The zero-order valence-electron chi connectivity index (χ0n) is 12.4. The van der Waals surface area contributed by atoms with E-state index in [1.54, 1.807) is 6.92 Å². The van der Waals surface area contributed by atoms with E-state index in [4.69, 9.17) is 0 Å². The Labute approximate surface area is 106 Å². The molecule has 0 aliphatic rings. The van der Waals surface area contributed by atoms with Crippen LogP contribution in [-0.4, -0.2) is 11.6 Å². The third-order valence-electron chi connectivity index (χ3n) is 4.27. The Balaban J connectivity index is 4.44. The van der Waals surface area contributed by atoms with Crippen LogP contribution in [0, 0.1) is 10.8 Å². The molecule has 0 saturated carbocycles. The molecule has 0 bridgehead atoms. The molecule has 0 aliphatic carbocycles. The minimum atomic E-state index is -0.437. The van der Waals surface area contributed by atoms with Crippen LogP contribution in [0.5, 0.6) is 0 Å². The SMILES string of the molecule is CCCCCC(=O)CC(C)(C)C(C)(C)C(C)=O. The Kier molecular flexibility index (Phi) is 6.08. The fourth-order valence-electron chi connectivity index (χ4n) is 1.85. The molecule has 0 amide bonds. The van der Waals surface area contributed by atoms with Gasteiger partial charge in [-0.1, -0.05) is 47.5 Å². The summed E-state index contributed by atoms with van der Waals surface area (Å²) in [6.07, 6.45) is 4.39. The summed E-state index contributed by atoms with van der Waals surface area (Å²) in [5.41, 5.74) is -0.699. The minimum absolute atomic E-state index is 0.156. The first-order valence-electron chi connectivity index (χ1n) is 6.68. The molecule has 2 nitrogen and oxygen atoms in total. The van der Waals surface area contributed by atoms with Crippen LogP contribution in [0.25, 0.3) is 0 Å². The van der Waals surface area contributed by atoms with Crippen molar-refractivity contribution in [1.29, 1.82) is 0 Å². The molecule has 100 valence electrons. The molecule has 0 saturated heterocycles. The van der Waals surface area contributed by atoms with Crippen molar-refractivity contribution in [3.05, 3.63) is 0 Å². The summed E-state index contributed by atoms with van der Waals surface area (Å²) in [7, 11) is 0. The molecule has 17 heavy (non-hydrogen) atoms. The third kappa shape index (κ3) is 4.61. The highest BCUT2D eigenvalue weighted by molar-refractivity contribution is 5.85. The molecule has 0 aromatic carbocycles. The highest BCUT2D eigenvalue weighted by Crippen LogP contribution is 2.42. The van der Waals surface area contributed by atoms with Gasteiger partial charge in [0, 0.05) is 18.3 Å². The third-order valence-corrected chi connectivity index (χ3v) is 4.27. The summed E-state index contributed by atoms with van der Waals surface area (Å²) in [5.74, 6) is 0.446. The van der Waals surface area contributed by atoms with E-state index in [0.717, 1.165) is 19.3 Å². The number of hydrogen-bond donors (Lipinski definition) is 0. The second kappa shape index (κ2) is 6.32. The second-order valence-corrected chi connectivity index (χ2v) is 6.24. The maximum Gasteiger partial charge on any atom is 0.135 e. The van der Waals surface area contributed by atoms with Crippen molar-refractivity contribution in [2.24, 2.45) is 10.8 Å². The molecule has 0 fully saturated rings. The Bertz CT molecular complexity index is 275. The van der Waals surface area contributed by atoms with Crippen LogP contribution in [0.3, 0.4) is 0 Å². The van der Waals surface area contributed by atoms with E-state index < -0.39 is 5.41 Å². The van der Waals surface area contributed by atoms with Crippen molar-refractivity contribution in [2.45, 2.75) is 73.6 Å². The lowest BCUT2D eigenvalue weighted by Gasteiger charge is -2.39. The van der Waals surface area contributed by atoms with Crippen molar-refractivity contribution >= 4 is 11.6 Å². The van der Waals surface area contributed by atoms with Gasteiger partial charge in [-0.05, 0) is 18.8 Å². The number of unbranched alkanes of at least 4 members (excludes halogenated alkanes) is 2. The smallest absolute Gasteiger partial charge is 0.135 e. The van der Waals surface area contributed by atoms with Gasteiger partial charge in [0.25, 0.3) is 0 Å². The lowest BCUT2D eigenvalue weighted by Crippen LogP contribution is -2.39. The lowest BCUT2D eigenvalue weighted by molar-refractivity contribution is -0.133. The quantitative estimate of drug-likeness (QED) is 0.597. The topological polar surface area (TPSA) is 34.1 Å². The van der Waals surface area contributed by atoms with E-state index in [1.807, 2.05) is 27.7 Å². The van der Waals surface area contributed by atoms with Gasteiger partial charge in [0.05, 0.1) is 0 Å². The Morgan fingerprint density at radius 3 is 1.94 bits per heavy atom. The van der Waals surface area contributed by atoms with Crippen LogP contribution in [0.4, 0.5) is 0 Å². The highest BCUT2D eigenvalue weighted by Gasteiger charge is 2.41. The predicted octanol–water partition coefficient (Wildman–Crippen LogP) is 4.17. The van der Waals surface area contributed by atoms with Crippen molar-refractivity contribution in [3.8, 4) is 0 Å². The Morgan fingerprint density at radius 1 is 1.00 bits per heavy atom. The van der Waals surface area contributed by atoms with Gasteiger partial charge in [-0.15, -0.1) is 0 Å². The summed E-state index contributed by atoms with van der Waals surface area (Å²) in [6.45, 7) is 11.7. The van der Waals surface area contributed by atoms with Gasteiger partial charge in [-0.25, -0.2) is 0 Å². The first kappa shape index (κ1) is 16.3. The van der Waals surface area contributed by atoms with Gasteiger partial charge < -0.3 is 0 Å². The van der Waals surface area contributed by atoms with Gasteiger partial charge in [0.1, 0.15) is 11.6 Å². The van der Waals surface area contributed by atoms with E-state index >= 15 is 0 Å². The first-order valence-corrected chi connectivity index (χ1v) is 6.68. The summed E-state index contributed by atoms with van der Waals surface area (Å²) in [6, 6.07) is 0. The van der Waals surface area contributed by atoms with Crippen LogP contribution in [0.15, 0.2) is 0 Å². The molecule has 0 atom stereocenters. The molecule has 0 spiro atoms. The zero-order valence-corrected chi connectivity index (χ0v) is 12.4. The zero-order chi connectivity index (χ0) is 13.7.